The van der Waals surface area contributed by atoms with Crippen LogP contribution in [0.25, 0.3) is 22.1 Å². The molecule has 0 aliphatic carbocycles. The fourth-order valence-corrected chi connectivity index (χ4v) is 4.03. The van der Waals surface area contributed by atoms with E-state index >= 15 is 0 Å². The molecule has 1 saturated heterocycles. The zero-order chi connectivity index (χ0) is 21.1. The van der Waals surface area contributed by atoms with Crippen molar-refractivity contribution >= 4 is 32.8 Å². The van der Waals surface area contributed by atoms with E-state index in [1.54, 1.807) is 18.2 Å². The number of carbonyl (C=O) groups is 1. The molecule has 1 aromatic heterocycles. The average Bonchev–Trinajstić information content (AvgIpc) is 2.75. The first kappa shape index (κ1) is 20.6. The molecule has 2 N–H and O–H groups in total. The molecule has 0 atom stereocenters. The molecule has 1 fully saturated rings. The fraction of sp³-hybridized carbons (Fsp3) is 0.304. The van der Waals surface area contributed by atoms with Crippen molar-refractivity contribution in [1.82, 2.24) is 4.90 Å². The highest BCUT2D eigenvalue weighted by atomic mass is 79.9. The molecule has 2 aromatic carbocycles. The Morgan fingerprint density at radius 3 is 2.60 bits per heavy atom. The quantitative estimate of drug-likeness (QED) is 0.591. The highest BCUT2D eigenvalue weighted by Gasteiger charge is 2.22. The molecule has 0 saturated carbocycles. The Balaban J connectivity index is 1.40. The van der Waals surface area contributed by atoms with Crippen LogP contribution < -0.4 is 15.9 Å². The molecule has 7 heteroatoms. The molecule has 0 bridgehead atoms. The number of benzene rings is 2. The average molecular weight is 471 g/mol. The Morgan fingerprint density at radius 2 is 1.90 bits per heavy atom. The van der Waals surface area contributed by atoms with E-state index in [-0.39, 0.29) is 17.3 Å². The van der Waals surface area contributed by atoms with Gasteiger partial charge >= 0.3 is 0 Å². The topological polar surface area (TPSA) is 85.8 Å². The number of rotatable bonds is 6. The zero-order valence-corrected chi connectivity index (χ0v) is 18.1. The van der Waals surface area contributed by atoms with Crippen molar-refractivity contribution in [2.24, 2.45) is 11.7 Å². The normalized spacial score (nSPS) is 15.4. The van der Waals surface area contributed by atoms with Gasteiger partial charge in [-0.05, 0) is 55.8 Å². The van der Waals surface area contributed by atoms with Gasteiger partial charge in [0.1, 0.15) is 24.2 Å². The minimum absolute atomic E-state index is 0.00662. The molecule has 0 radical (unpaired) electrons. The van der Waals surface area contributed by atoms with E-state index in [1.165, 1.54) is 6.26 Å². The molecule has 1 amide bonds. The lowest BCUT2D eigenvalue weighted by Crippen LogP contribution is -2.40. The van der Waals surface area contributed by atoms with Crippen LogP contribution in [0.5, 0.6) is 5.75 Å². The van der Waals surface area contributed by atoms with Crippen LogP contribution >= 0.6 is 15.9 Å². The summed E-state index contributed by atoms with van der Waals surface area (Å²) in [5.74, 6) is 0.453. The number of ether oxygens (including phenoxy) is 1. The van der Waals surface area contributed by atoms with Crippen LogP contribution in [0, 0.1) is 5.92 Å². The summed E-state index contributed by atoms with van der Waals surface area (Å²) in [7, 11) is 0. The van der Waals surface area contributed by atoms with Crippen LogP contribution in [0.15, 0.2) is 62.4 Å². The molecule has 0 unspecified atom stereocenters. The summed E-state index contributed by atoms with van der Waals surface area (Å²) in [5.41, 5.74) is 7.16. The molecule has 0 spiro atoms. The highest BCUT2D eigenvalue weighted by molar-refractivity contribution is 9.10. The van der Waals surface area contributed by atoms with Crippen molar-refractivity contribution in [1.29, 1.82) is 0 Å². The predicted molar refractivity (Wildman–Crippen MR) is 119 cm³/mol. The van der Waals surface area contributed by atoms with Crippen LogP contribution in [0.3, 0.4) is 0 Å². The van der Waals surface area contributed by atoms with Crippen LogP contribution in [0.4, 0.5) is 0 Å². The third-order valence-corrected chi connectivity index (χ3v) is 6.10. The Labute approximate surface area is 182 Å². The number of fused-ring (bicyclic) bond motifs is 1. The van der Waals surface area contributed by atoms with Crippen molar-refractivity contribution in [2.45, 2.75) is 12.8 Å². The summed E-state index contributed by atoms with van der Waals surface area (Å²) in [6.45, 7) is 2.99. The minimum Gasteiger partial charge on any atom is -0.492 e. The Kier molecular flexibility index (Phi) is 6.20. The number of carbonyl (C=O) groups excluding carboxylic acids is 1. The summed E-state index contributed by atoms with van der Waals surface area (Å²) in [6, 6.07) is 12.8. The minimum atomic E-state index is -0.202. The van der Waals surface area contributed by atoms with E-state index < -0.39 is 0 Å². The van der Waals surface area contributed by atoms with Crippen LogP contribution in [0.1, 0.15) is 12.8 Å². The van der Waals surface area contributed by atoms with E-state index in [2.05, 4.69) is 20.8 Å². The Morgan fingerprint density at radius 1 is 1.17 bits per heavy atom. The highest BCUT2D eigenvalue weighted by Crippen LogP contribution is 2.24. The molecular weight excluding hydrogens is 448 g/mol. The van der Waals surface area contributed by atoms with E-state index in [4.69, 9.17) is 14.9 Å². The van der Waals surface area contributed by atoms with Crippen LogP contribution in [-0.4, -0.2) is 37.0 Å². The standard InChI is InChI=1S/C23H23BrN2O4/c24-17-3-1-15(2-4-17)20-14-30-21-13-18(5-6-19(21)22(20)27)29-12-11-26-9-7-16(8-10-26)23(25)28/h1-6,13-14,16H,7-12H2,(H2,25,28). The largest absolute Gasteiger partial charge is 0.492 e. The summed E-state index contributed by atoms with van der Waals surface area (Å²) >= 11 is 3.40. The van der Waals surface area contributed by atoms with Gasteiger partial charge < -0.3 is 14.9 Å². The molecule has 1 aliphatic heterocycles. The number of primary amides is 1. The van der Waals surface area contributed by atoms with E-state index in [0.717, 1.165) is 42.5 Å². The lowest BCUT2D eigenvalue weighted by atomic mass is 9.96. The number of amides is 1. The van der Waals surface area contributed by atoms with Gasteiger partial charge in [-0.1, -0.05) is 28.1 Å². The first-order valence-corrected chi connectivity index (χ1v) is 10.8. The number of halogens is 1. The van der Waals surface area contributed by atoms with Crippen molar-refractivity contribution in [3.8, 4) is 16.9 Å². The molecule has 156 valence electrons. The van der Waals surface area contributed by atoms with Crippen LogP contribution in [0.2, 0.25) is 0 Å². The summed E-state index contributed by atoms with van der Waals surface area (Å²) < 4.78 is 12.5. The summed E-state index contributed by atoms with van der Waals surface area (Å²) in [6.07, 6.45) is 3.11. The molecule has 3 aromatic rings. The molecule has 30 heavy (non-hydrogen) atoms. The second-order valence-corrected chi connectivity index (χ2v) is 8.43. The van der Waals surface area contributed by atoms with Gasteiger partial charge in [-0.15, -0.1) is 0 Å². The van der Waals surface area contributed by atoms with Crippen molar-refractivity contribution in [3.05, 3.63) is 63.4 Å². The van der Waals surface area contributed by atoms with Gasteiger partial charge in [-0.2, -0.15) is 0 Å². The SMILES string of the molecule is NC(=O)C1CCN(CCOc2ccc3c(=O)c(-c4ccc(Br)cc4)coc3c2)CC1. The molecule has 6 nitrogen and oxygen atoms in total. The first-order valence-electron chi connectivity index (χ1n) is 9.97. The predicted octanol–water partition coefficient (Wildman–Crippen LogP) is 3.80. The monoisotopic (exact) mass is 470 g/mol. The third-order valence-electron chi connectivity index (χ3n) is 5.57. The summed E-state index contributed by atoms with van der Waals surface area (Å²) in [5, 5.41) is 0.524. The number of hydrogen-bond donors (Lipinski definition) is 1. The van der Waals surface area contributed by atoms with Gasteiger partial charge in [-0.25, -0.2) is 0 Å². The molecule has 4 rings (SSSR count). The lowest BCUT2D eigenvalue weighted by molar-refractivity contribution is -0.123. The van der Waals surface area contributed by atoms with Gasteiger partial charge in [-0.3, -0.25) is 14.5 Å². The number of nitrogens with two attached hydrogens (primary N) is 1. The first-order chi connectivity index (χ1) is 14.5. The van der Waals surface area contributed by atoms with E-state index in [0.29, 0.717) is 28.9 Å². The zero-order valence-electron chi connectivity index (χ0n) is 16.5. The van der Waals surface area contributed by atoms with E-state index in [1.807, 2.05) is 24.3 Å². The van der Waals surface area contributed by atoms with Gasteiger partial charge in [0.25, 0.3) is 0 Å². The van der Waals surface area contributed by atoms with Gasteiger partial charge in [0, 0.05) is 23.0 Å². The van der Waals surface area contributed by atoms with Gasteiger partial charge in [0.05, 0.1) is 10.9 Å². The fourth-order valence-electron chi connectivity index (χ4n) is 3.76. The smallest absolute Gasteiger partial charge is 0.220 e. The number of likely N-dealkylation sites (tertiary alicyclic amines) is 1. The van der Waals surface area contributed by atoms with E-state index in [9.17, 15) is 9.59 Å². The van der Waals surface area contributed by atoms with Crippen molar-refractivity contribution in [2.75, 3.05) is 26.2 Å². The van der Waals surface area contributed by atoms with Crippen LogP contribution in [-0.2, 0) is 4.79 Å². The second kappa shape index (κ2) is 9.02. The van der Waals surface area contributed by atoms with Gasteiger partial charge in [0.2, 0.25) is 5.91 Å². The number of hydrogen-bond acceptors (Lipinski definition) is 5. The molecule has 1 aliphatic rings. The third kappa shape index (κ3) is 4.57. The number of piperidine rings is 1. The van der Waals surface area contributed by atoms with Gasteiger partial charge in [0.15, 0.2) is 5.43 Å². The maximum Gasteiger partial charge on any atom is 0.220 e. The van der Waals surface area contributed by atoms with Crippen molar-refractivity contribution in [3.63, 3.8) is 0 Å². The maximum atomic E-state index is 12.9. The summed E-state index contributed by atoms with van der Waals surface area (Å²) in [4.78, 5) is 26.4. The molecule has 2 heterocycles. The Bertz CT molecular complexity index is 1100. The Hall–Kier alpha value is -2.64. The number of nitrogens with zero attached hydrogens (tertiary/aromatic N) is 1. The molecular formula is C23H23BrN2O4. The van der Waals surface area contributed by atoms with Crippen molar-refractivity contribution < 1.29 is 13.9 Å². The maximum absolute atomic E-state index is 12.9. The lowest BCUT2D eigenvalue weighted by Gasteiger charge is -2.30. The second-order valence-electron chi connectivity index (χ2n) is 7.51.